The van der Waals surface area contributed by atoms with Crippen LogP contribution in [-0.4, -0.2) is 38.0 Å². The van der Waals surface area contributed by atoms with Gasteiger partial charge in [-0.2, -0.15) is 0 Å². The van der Waals surface area contributed by atoms with Crippen LogP contribution in [-0.2, 0) is 0 Å². The number of anilines is 1. The van der Waals surface area contributed by atoms with Gasteiger partial charge in [0.1, 0.15) is 12.0 Å². The quantitative estimate of drug-likeness (QED) is 0.639. The zero-order chi connectivity index (χ0) is 19.8. The van der Waals surface area contributed by atoms with Crippen molar-refractivity contribution in [2.45, 2.75) is 39.3 Å². The lowest BCUT2D eigenvalue weighted by molar-refractivity contribution is 0.178. The van der Waals surface area contributed by atoms with E-state index >= 15 is 0 Å². The second-order valence-electron chi connectivity index (χ2n) is 7.25. The van der Waals surface area contributed by atoms with Gasteiger partial charge in [-0.3, -0.25) is 0 Å². The largest absolute Gasteiger partial charge is 0.346 e. The number of carbonyl (C=O) groups is 1. The Morgan fingerprint density at radius 1 is 1.32 bits per heavy atom. The van der Waals surface area contributed by atoms with Gasteiger partial charge in [-0.1, -0.05) is 23.7 Å². The van der Waals surface area contributed by atoms with Crippen molar-refractivity contribution in [3.8, 4) is 0 Å². The van der Waals surface area contributed by atoms with E-state index in [0.717, 1.165) is 34.3 Å². The molecule has 2 amide bonds. The average molecular weight is 396 g/mol. The van der Waals surface area contributed by atoms with Crippen molar-refractivity contribution in [1.82, 2.24) is 19.9 Å². The average Bonchev–Trinajstić information content (AvgIpc) is 3.02. The number of H-pyrrole nitrogens is 1. The number of hydrogen-bond acceptors (Lipinski definition) is 3. The zero-order valence-electron chi connectivity index (χ0n) is 16.0. The van der Waals surface area contributed by atoms with Crippen LogP contribution in [0, 0.1) is 6.92 Å². The molecular weight excluding hydrogens is 374 g/mol. The first-order valence-corrected chi connectivity index (χ1v) is 9.66. The van der Waals surface area contributed by atoms with E-state index in [0.29, 0.717) is 10.7 Å². The lowest BCUT2D eigenvalue weighted by atomic mass is 9.93. The van der Waals surface area contributed by atoms with E-state index in [1.807, 2.05) is 37.1 Å². The van der Waals surface area contributed by atoms with Crippen molar-refractivity contribution in [3.05, 3.63) is 59.1 Å². The molecule has 28 heavy (non-hydrogen) atoms. The van der Waals surface area contributed by atoms with E-state index in [2.05, 4.69) is 33.3 Å². The molecular formula is C21H22ClN5O. The highest BCUT2D eigenvalue weighted by molar-refractivity contribution is 6.30. The Bertz CT molecular complexity index is 1070. The summed E-state index contributed by atoms with van der Waals surface area (Å²) >= 11 is 6.02. The summed E-state index contributed by atoms with van der Waals surface area (Å²) in [5.74, 6) is 0. The molecule has 4 rings (SSSR count). The number of nitrogens with one attached hydrogen (secondary N) is 2. The minimum atomic E-state index is -0.136. The van der Waals surface area contributed by atoms with Crippen LogP contribution in [0.2, 0.25) is 5.02 Å². The molecule has 0 spiro atoms. The minimum absolute atomic E-state index is 0.0263. The molecule has 1 aromatic carbocycles. The van der Waals surface area contributed by atoms with Crippen molar-refractivity contribution in [3.63, 3.8) is 0 Å². The van der Waals surface area contributed by atoms with E-state index < -0.39 is 0 Å². The molecule has 0 aliphatic carbocycles. The van der Waals surface area contributed by atoms with E-state index in [-0.39, 0.29) is 18.1 Å². The number of hydrogen-bond donors (Lipinski definition) is 2. The summed E-state index contributed by atoms with van der Waals surface area (Å²) in [5, 5.41) is 4.58. The summed E-state index contributed by atoms with van der Waals surface area (Å²) in [6.45, 7) is 6.13. The Hall–Kier alpha value is -2.86. The standard InChI is InChI=1S/C21H22ClN5O/c1-12-10-23-20-18(12)19(24-11-25-20)15-7-13(2)27(14(3)8-15)21(28)26-17-6-4-5-16(22)9-17/h4-7,9-11,13-14H,8H2,1-3H3,(H,26,28)(H,23,24,25). The summed E-state index contributed by atoms with van der Waals surface area (Å²) < 4.78 is 0. The van der Waals surface area contributed by atoms with Gasteiger partial charge >= 0.3 is 6.03 Å². The first-order chi connectivity index (χ1) is 13.4. The summed E-state index contributed by atoms with van der Waals surface area (Å²) in [6.07, 6.45) is 6.38. The Morgan fingerprint density at radius 2 is 2.14 bits per heavy atom. The maximum absolute atomic E-state index is 12.9. The molecule has 0 saturated carbocycles. The van der Waals surface area contributed by atoms with Crippen LogP contribution in [0.25, 0.3) is 16.6 Å². The van der Waals surface area contributed by atoms with Gasteiger partial charge in [0.25, 0.3) is 0 Å². The number of fused-ring (bicyclic) bond motifs is 1. The number of aromatic amines is 1. The molecule has 0 fully saturated rings. The molecule has 3 aromatic rings. The highest BCUT2D eigenvalue weighted by Gasteiger charge is 2.31. The number of aromatic nitrogens is 3. The Balaban J connectivity index is 1.62. The van der Waals surface area contributed by atoms with Crippen molar-refractivity contribution in [1.29, 1.82) is 0 Å². The molecule has 2 unspecified atom stereocenters. The number of amides is 2. The van der Waals surface area contributed by atoms with E-state index in [9.17, 15) is 4.79 Å². The molecule has 1 aliphatic rings. The predicted molar refractivity (Wildman–Crippen MR) is 112 cm³/mol. The SMILES string of the molecule is Cc1c[nH]c2ncnc(C3=CC(C)N(C(=O)Nc4cccc(Cl)c4)C(C)C3)c12. The number of halogens is 1. The monoisotopic (exact) mass is 395 g/mol. The van der Waals surface area contributed by atoms with Gasteiger partial charge in [-0.15, -0.1) is 0 Å². The number of carbonyl (C=O) groups excluding carboxylic acids is 1. The lowest BCUT2D eigenvalue weighted by Gasteiger charge is -2.38. The van der Waals surface area contributed by atoms with E-state index in [1.165, 1.54) is 0 Å². The van der Waals surface area contributed by atoms with Gasteiger partial charge in [0, 0.05) is 34.4 Å². The molecule has 0 saturated heterocycles. The van der Waals surface area contributed by atoms with Gasteiger partial charge in [-0.25, -0.2) is 14.8 Å². The first-order valence-electron chi connectivity index (χ1n) is 9.28. The molecule has 6 nitrogen and oxygen atoms in total. The zero-order valence-corrected chi connectivity index (χ0v) is 16.8. The van der Waals surface area contributed by atoms with Crippen molar-refractivity contribution in [2.75, 3.05) is 5.32 Å². The number of nitrogens with zero attached hydrogens (tertiary/aromatic N) is 3. The maximum atomic E-state index is 12.9. The molecule has 144 valence electrons. The first kappa shape index (κ1) is 18.5. The molecule has 1 aliphatic heterocycles. The van der Waals surface area contributed by atoms with E-state index in [1.54, 1.807) is 18.5 Å². The maximum Gasteiger partial charge on any atom is 0.322 e. The molecule has 0 radical (unpaired) electrons. The summed E-state index contributed by atoms with van der Waals surface area (Å²) in [6, 6.07) is 7.00. The number of rotatable bonds is 2. The molecule has 0 bridgehead atoms. The number of benzene rings is 1. The summed E-state index contributed by atoms with van der Waals surface area (Å²) in [5.41, 5.74) is 4.73. The predicted octanol–water partition coefficient (Wildman–Crippen LogP) is 5.02. The Morgan fingerprint density at radius 3 is 2.89 bits per heavy atom. The fourth-order valence-electron chi connectivity index (χ4n) is 3.93. The third kappa shape index (κ3) is 3.36. The van der Waals surface area contributed by atoms with Crippen molar-refractivity contribution in [2.24, 2.45) is 0 Å². The van der Waals surface area contributed by atoms with Gasteiger partial charge in [0.15, 0.2) is 0 Å². The van der Waals surface area contributed by atoms with Crippen LogP contribution >= 0.6 is 11.6 Å². The Labute approximate surface area is 168 Å². The fourth-order valence-corrected chi connectivity index (χ4v) is 4.12. The molecule has 3 heterocycles. The number of urea groups is 1. The lowest BCUT2D eigenvalue weighted by Crippen LogP contribution is -2.48. The van der Waals surface area contributed by atoms with Crippen LogP contribution in [0.3, 0.4) is 0 Å². The van der Waals surface area contributed by atoms with Gasteiger partial charge in [0.05, 0.1) is 5.69 Å². The van der Waals surface area contributed by atoms with E-state index in [4.69, 9.17) is 11.6 Å². The van der Waals surface area contributed by atoms with Crippen LogP contribution in [0.1, 0.15) is 31.5 Å². The molecule has 7 heteroatoms. The minimum Gasteiger partial charge on any atom is -0.346 e. The van der Waals surface area contributed by atoms with Crippen molar-refractivity contribution < 1.29 is 4.79 Å². The van der Waals surface area contributed by atoms with Crippen molar-refractivity contribution >= 4 is 39.9 Å². The summed E-state index contributed by atoms with van der Waals surface area (Å²) in [4.78, 5) is 26.8. The number of aryl methyl sites for hydroxylation is 1. The second-order valence-corrected chi connectivity index (χ2v) is 7.69. The van der Waals surface area contributed by atoms with Gasteiger partial charge in [0.2, 0.25) is 0 Å². The fraction of sp³-hybridized carbons (Fsp3) is 0.286. The normalized spacial score (nSPS) is 19.6. The second kappa shape index (κ2) is 7.28. The van der Waals surface area contributed by atoms with Crippen LogP contribution < -0.4 is 5.32 Å². The highest BCUT2D eigenvalue weighted by atomic mass is 35.5. The smallest absolute Gasteiger partial charge is 0.322 e. The molecule has 2 N–H and O–H groups in total. The molecule has 2 aromatic heterocycles. The van der Waals surface area contributed by atoms with Crippen LogP contribution in [0.5, 0.6) is 0 Å². The third-order valence-electron chi connectivity index (χ3n) is 5.15. The highest BCUT2D eigenvalue weighted by Crippen LogP contribution is 2.33. The molecule has 2 atom stereocenters. The van der Waals surface area contributed by atoms with Crippen LogP contribution in [0.15, 0.2) is 42.9 Å². The Kier molecular flexibility index (Phi) is 4.81. The topological polar surface area (TPSA) is 73.9 Å². The van der Waals surface area contributed by atoms with Crippen LogP contribution in [0.4, 0.5) is 10.5 Å². The van der Waals surface area contributed by atoms with Gasteiger partial charge < -0.3 is 15.2 Å². The third-order valence-corrected chi connectivity index (χ3v) is 5.39. The van der Waals surface area contributed by atoms with Gasteiger partial charge in [-0.05, 0) is 56.5 Å². The summed E-state index contributed by atoms with van der Waals surface area (Å²) in [7, 11) is 0.